The Hall–Kier alpha value is -3.14. The molecule has 0 saturated carbocycles. The van der Waals surface area contributed by atoms with Crippen LogP contribution in [0, 0.1) is 5.82 Å². The summed E-state index contributed by atoms with van der Waals surface area (Å²) < 4.78 is 17.3. The second kappa shape index (κ2) is 8.18. The molecule has 1 N–H and O–H groups in total. The van der Waals surface area contributed by atoms with Crippen LogP contribution in [0.15, 0.2) is 27.8 Å². The Kier molecular flexibility index (Phi) is 5.57. The van der Waals surface area contributed by atoms with Crippen LogP contribution in [-0.2, 0) is 18.4 Å². The molecule has 0 aliphatic carbocycles. The second-order valence-corrected chi connectivity index (χ2v) is 7.82. The topological polar surface area (TPSA) is 96.2 Å². The third kappa shape index (κ3) is 3.71. The zero-order valence-electron chi connectivity index (χ0n) is 17.2. The average molecular weight is 449 g/mol. The molecule has 1 aliphatic heterocycles. The van der Waals surface area contributed by atoms with Gasteiger partial charge in [0, 0.05) is 50.2 Å². The molecule has 4 rings (SSSR count). The maximum Gasteiger partial charge on any atom is 0.329 e. The first-order chi connectivity index (χ1) is 14.8. The van der Waals surface area contributed by atoms with Crippen molar-refractivity contribution >= 4 is 34.6 Å². The molecule has 0 bridgehead atoms. The molecule has 1 aliphatic rings. The molecule has 1 amide bonds. The zero-order chi connectivity index (χ0) is 22.3. The van der Waals surface area contributed by atoms with Crippen molar-refractivity contribution < 1.29 is 9.18 Å². The quantitative estimate of drug-likeness (QED) is 0.649. The molecule has 0 radical (unpaired) electrons. The maximum absolute atomic E-state index is 14.5. The van der Waals surface area contributed by atoms with Crippen LogP contribution in [0.5, 0.6) is 0 Å². The van der Waals surface area contributed by atoms with E-state index in [2.05, 4.69) is 9.97 Å². The second-order valence-electron chi connectivity index (χ2n) is 7.41. The van der Waals surface area contributed by atoms with E-state index in [4.69, 9.17) is 11.6 Å². The molecule has 1 saturated heterocycles. The van der Waals surface area contributed by atoms with Crippen LogP contribution in [-0.4, -0.2) is 56.1 Å². The first kappa shape index (κ1) is 21.1. The van der Waals surface area contributed by atoms with Gasteiger partial charge in [-0.25, -0.2) is 9.18 Å². The minimum absolute atomic E-state index is 0.0350. The number of amides is 1. The van der Waals surface area contributed by atoms with E-state index >= 15 is 0 Å². The van der Waals surface area contributed by atoms with Gasteiger partial charge in [-0.15, -0.1) is 0 Å². The molecule has 3 aromatic rings. The molecular weight excluding hydrogens is 427 g/mol. The summed E-state index contributed by atoms with van der Waals surface area (Å²) in [6.07, 6.45) is 0.432. The maximum atomic E-state index is 14.5. The highest BCUT2D eigenvalue weighted by molar-refractivity contribution is 6.31. The smallest absolute Gasteiger partial charge is 0.329 e. The Morgan fingerprint density at radius 1 is 1.23 bits per heavy atom. The molecule has 31 heavy (non-hydrogen) atoms. The summed E-state index contributed by atoms with van der Waals surface area (Å²) in [5, 5.41) is 0.229. The van der Waals surface area contributed by atoms with Gasteiger partial charge in [0.1, 0.15) is 5.82 Å². The van der Waals surface area contributed by atoms with Gasteiger partial charge in [-0.2, -0.15) is 4.98 Å². The minimum Gasteiger partial charge on any atom is -0.339 e. The van der Waals surface area contributed by atoms with Gasteiger partial charge in [-0.05, 0) is 12.1 Å². The standard InChI is InChI=1S/C20H22ClFN6O3/c1-3-15(29)26-7-9-27(10-8-26)19-23-17-16(18(30)24-20(31)25(17)2)28(19)11-12-13(21)5-4-6-14(12)22/h4-6H,3,7-11H2,1-2H3,(H,24,30,31). The van der Waals surface area contributed by atoms with E-state index in [1.807, 2.05) is 11.8 Å². The minimum atomic E-state index is -0.607. The van der Waals surface area contributed by atoms with Crippen molar-refractivity contribution in [2.75, 3.05) is 31.1 Å². The van der Waals surface area contributed by atoms with Crippen LogP contribution >= 0.6 is 11.6 Å². The number of aryl methyl sites for hydroxylation is 1. The summed E-state index contributed by atoms with van der Waals surface area (Å²) >= 11 is 6.23. The van der Waals surface area contributed by atoms with Gasteiger partial charge in [0.15, 0.2) is 11.2 Å². The number of carbonyl (C=O) groups excluding carboxylic acids is 1. The number of aromatic amines is 1. The van der Waals surface area contributed by atoms with E-state index in [0.717, 1.165) is 0 Å². The van der Waals surface area contributed by atoms with Crippen molar-refractivity contribution in [2.45, 2.75) is 19.9 Å². The predicted octanol–water partition coefficient (Wildman–Crippen LogP) is 1.32. The van der Waals surface area contributed by atoms with E-state index in [-0.39, 0.29) is 34.2 Å². The highest BCUT2D eigenvalue weighted by Crippen LogP contribution is 2.26. The number of nitrogens with zero attached hydrogens (tertiary/aromatic N) is 5. The van der Waals surface area contributed by atoms with Gasteiger partial charge in [-0.3, -0.25) is 23.7 Å². The summed E-state index contributed by atoms with van der Waals surface area (Å²) in [4.78, 5) is 47.3. The third-order valence-corrected chi connectivity index (χ3v) is 5.94. The number of benzene rings is 1. The Bertz CT molecular complexity index is 1250. The fourth-order valence-electron chi connectivity index (χ4n) is 3.84. The lowest BCUT2D eigenvalue weighted by atomic mass is 10.2. The molecule has 9 nitrogen and oxygen atoms in total. The Morgan fingerprint density at radius 2 is 1.94 bits per heavy atom. The lowest BCUT2D eigenvalue weighted by Crippen LogP contribution is -2.49. The largest absolute Gasteiger partial charge is 0.339 e. The number of H-pyrrole nitrogens is 1. The van der Waals surface area contributed by atoms with Crippen LogP contribution in [0.25, 0.3) is 11.2 Å². The van der Waals surface area contributed by atoms with E-state index in [9.17, 15) is 18.8 Å². The number of anilines is 1. The SMILES string of the molecule is CCC(=O)N1CCN(c2nc3c(c(=O)[nH]c(=O)n3C)n2Cc2c(F)cccc2Cl)CC1. The average Bonchev–Trinajstić information content (AvgIpc) is 3.14. The van der Waals surface area contributed by atoms with Crippen molar-refractivity contribution in [2.24, 2.45) is 7.05 Å². The lowest BCUT2D eigenvalue weighted by molar-refractivity contribution is -0.131. The van der Waals surface area contributed by atoms with Crippen LogP contribution in [0.4, 0.5) is 10.3 Å². The summed E-state index contributed by atoms with van der Waals surface area (Å²) in [6, 6.07) is 4.39. The lowest BCUT2D eigenvalue weighted by Gasteiger charge is -2.35. The number of hydrogen-bond donors (Lipinski definition) is 1. The molecule has 0 atom stereocenters. The number of imidazole rings is 1. The van der Waals surface area contributed by atoms with Gasteiger partial charge in [0.2, 0.25) is 11.9 Å². The van der Waals surface area contributed by atoms with E-state index in [1.54, 1.807) is 15.5 Å². The number of rotatable bonds is 4. The molecule has 1 aromatic carbocycles. The highest BCUT2D eigenvalue weighted by Gasteiger charge is 2.27. The first-order valence-corrected chi connectivity index (χ1v) is 10.3. The molecule has 0 unspecified atom stereocenters. The molecule has 11 heteroatoms. The normalized spacial score (nSPS) is 14.5. The van der Waals surface area contributed by atoms with Crippen molar-refractivity contribution in [3.05, 3.63) is 55.4 Å². The Morgan fingerprint density at radius 3 is 2.58 bits per heavy atom. The first-order valence-electron chi connectivity index (χ1n) is 9.97. The number of piperazine rings is 1. The fraction of sp³-hybridized carbons (Fsp3) is 0.400. The summed E-state index contributed by atoms with van der Waals surface area (Å²) in [7, 11) is 1.51. The molecule has 3 heterocycles. The van der Waals surface area contributed by atoms with Gasteiger partial charge in [-0.1, -0.05) is 24.6 Å². The summed E-state index contributed by atoms with van der Waals surface area (Å²) in [5.41, 5.74) is -0.621. The summed E-state index contributed by atoms with van der Waals surface area (Å²) in [6.45, 7) is 3.78. The number of nitrogens with one attached hydrogen (secondary N) is 1. The Balaban J connectivity index is 1.83. The van der Waals surface area contributed by atoms with Crippen molar-refractivity contribution in [3.8, 4) is 0 Å². The van der Waals surface area contributed by atoms with Gasteiger partial charge in [0.05, 0.1) is 6.54 Å². The fourth-order valence-corrected chi connectivity index (χ4v) is 4.06. The van der Waals surface area contributed by atoms with Crippen molar-refractivity contribution in [3.63, 3.8) is 0 Å². The van der Waals surface area contributed by atoms with Gasteiger partial charge >= 0.3 is 5.69 Å². The van der Waals surface area contributed by atoms with Crippen LogP contribution in [0.1, 0.15) is 18.9 Å². The van der Waals surface area contributed by atoms with Crippen molar-refractivity contribution in [1.29, 1.82) is 0 Å². The van der Waals surface area contributed by atoms with Crippen LogP contribution < -0.4 is 16.1 Å². The van der Waals surface area contributed by atoms with E-state index in [1.165, 1.54) is 23.7 Å². The number of carbonyl (C=O) groups is 1. The number of fused-ring (bicyclic) bond motifs is 1. The number of hydrogen-bond acceptors (Lipinski definition) is 5. The molecule has 0 spiro atoms. The third-order valence-electron chi connectivity index (χ3n) is 5.58. The zero-order valence-corrected chi connectivity index (χ0v) is 17.9. The molecule has 2 aromatic heterocycles. The van der Waals surface area contributed by atoms with E-state index in [0.29, 0.717) is 38.5 Å². The molecular formula is C20H22ClFN6O3. The molecule has 1 fully saturated rings. The number of aromatic nitrogens is 4. The summed E-state index contributed by atoms with van der Waals surface area (Å²) in [5.74, 6) is -0.00494. The van der Waals surface area contributed by atoms with Crippen LogP contribution in [0.3, 0.4) is 0 Å². The number of halogens is 2. The Labute approximate surface area is 181 Å². The van der Waals surface area contributed by atoms with E-state index < -0.39 is 17.1 Å². The monoisotopic (exact) mass is 448 g/mol. The predicted molar refractivity (Wildman–Crippen MR) is 115 cm³/mol. The van der Waals surface area contributed by atoms with Crippen LogP contribution in [0.2, 0.25) is 5.02 Å². The van der Waals surface area contributed by atoms with Crippen molar-refractivity contribution in [1.82, 2.24) is 24.0 Å². The van der Waals surface area contributed by atoms with Gasteiger partial charge < -0.3 is 9.80 Å². The van der Waals surface area contributed by atoms with Gasteiger partial charge in [0.25, 0.3) is 5.56 Å². The highest BCUT2D eigenvalue weighted by atomic mass is 35.5. The molecule has 164 valence electrons.